The first kappa shape index (κ1) is 12.0. The number of aliphatic carboxylic acids is 2. The van der Waals surface area contributed by atoms with E-state index >= 15 is 0 Å². The van der Waals surface area contributed by atoms with Gasteiger partial charge in [0.25, 0.3) is 0 Å². The highest BCUT2D eigenvalue weighted by molar-refractivity contribution is 5.67. The maximum atomic E-state index is 10.3. The van der Waals surface area contributed by atoms with Gasteiger partial charge in [0.2, 0.25) is 0 Å². The summed E-state index contributed by atoms with van der Waals surface area (Å²) in [6.45, 7) is 0. The molecule has 0 bridgehead atoms. The van der Waals surface area contributed by atoms with E-state index in [0.717, 1.165) is 0 Å². The summed E-state index contributed by atoms with van der Waals surface area (Å²) in [7, 11) is 0. The molecule has 0 fully saturated rings. The molecule has 86 valence electrons. The molecule has 0 unspecified atom stereocenters. The van der Waals surface area contributed by atoms with E-state index in [9.17, 15) is 9.59 Å². The first-order valence-corrected chi connectivity index (χ1v) is 4.56. The fourth-order valence-corrected chi connectivity index (χ4v) is 0.908. The van der Waals surface area contributed by atoms with Gasteiger partial charge in [-0.05, 0) is 0 Å². The maximum Gasteiger partial charge on any atom is 0.303 e. The van der Waals surface area contributed by atoms with Crippen LogP contribution in [0.1, 0.15) is 24.5 Å². The average molecular weight is 226 g/mol. The van der Waals surface area contributed by atoms with E-state index in [0.29, 0.717) is 0 Å². The molecule has 0 radical (unpaired) electrons. The molecule has 1 heterocycles. The molecule has 8 nitrogen and oxygen atoms in total. The van der Waals surface area contributed by atoms with Gasteiger partial charge in [-0.25, -0.2) is 0 Å². The summed E-state index contributed by atoms with van der Waals surface area (Å²) >= 11 is 0. The number of carboxylic acid groups (broad SMARTS) is 2. The van der Waals surface area contributed by atoms with Crippen molar-refractivity contribution in [2.75, 3.05) is 0 Å². The molecule has 0 aliphatic heterocycles. The van der Waals surface area contributed by atoms with Crippen molar-refractivity contribution in [3.8, 4) is 0 Å². The van der Waals surface area contributed by atoms with E-state index < -0.39 is 11.9 Å². The number of aryl methyl sites for hydroxylation is 2. The molecule has 0 spiro atoms. The number of hydrogen-bond donors (Lipinski definition) is 2. The van der Waals surface area contributed by atoms with Crippen LogP contribution in [-0.4, -0.2) is 42.5 Å². The molecule has 1 aromatic heterocycles. The number of carbonyl (C=O) groups is 2. The van der Waals surface area contributed by atoms with Crippen molar-refractivity contribution in [3.05, 3.63) is 11.6 Å². The Morgan fingerprint density at radius 1 is 0.812 bits per heavy atom. The van der Waals surface area contributed by atoms with Crippen LogP contribution in [0.5, 0.6) is 0 Å². The highest BCUT2D eigenvalue weighted by atomic mass is 16.4. The zero-order valence-electron chi connectivity index (χ0n) is 8.33. The molecule has 0 aliphatic carbocycles. The topological polar surface area (TPSA) is 126 Å². The van der Waals surface area contributed by atoms with Crippen LogP contribution in [0.15, 0.2) is 0 Å². The van der Waals surface area contributed by atoms with Crippen molar-refractivity contribution < 1.29 is 19.8 Å². The number of aromatic nitrogens is 4. The van der Waals surface area contributed by atoms with Gasteiger partial charge in [0, 0.05) is 12.8 Å². The predicted molar refractivity (Wildman–Crippen MR) is 49.5 cm³/mol. The van der Waals surface area contributed by atoms with E-state index in [1.165, 1.54) is 0 Å². The molecule has 1 aromatic rings. The summed E-state index contributed by atoms with van der Waals surface area (Å²) < 4.78 is 0. The molecule has 0 atom stereocenters. The summed E-state index contributed by atoms with van der Waals surface area (Å²) in [5.41, 5.74) is 0. The Morgan fingerprint density at radius 2 is 1.12 bits per heavy atom. The SMILES string of the molecule is O=C(O)CCc1nnc(CCC(=O)O)nn1. The van der Waals surface area contributed by atoms with Crippen molar-refractivity contribution in [2.45, 2.75) is 25.7 Å². The van der Waals surface area contributed by atoms with Crippen LogP contribution in [-0.2, 0) is 22.4 Å². The van der Waals surface area contributed by atoms with Gasteiger partial charge in [-0.1, -0.05) is 0 Å². The number of hydrogen-bond acceptors (Lipinski definition) is 6. The average Bonchev–Trinajstić information content (AvgIpc) is 2.25. The first-order valence-electron chi connectivity index (χ1n) is 4.56. The number of nitrogens with zero attached hydrogens (tertiary/aromatic N) is 4. The molecule has 8 heteroatoms. The maximum absolute atomic E-state index is 10.3. The molecule has 16 heavy (non-hydrogen) atoms. The van der Waals surface area contributed by atoms with Crippen LogP contribution in [0.2, 0.25) is 0 Å². The van der Waals surface area contributed by atoms with Gasteiger partial charge in [-0.15, -0.1) is 20.4 Å². The molecule has 1 rings (SSSR count). The normalized spacial score (nSPS) is 10.0. The van der Waals surface area contributed by atoms with Gasteiger partial charge in [0.1, 0.15) is 0 Å². The quantitative estimate of drug-likeness (QED) is 0.652. The third kappa shape index (κ3) is 4.40. The Hall–Kier alpha value is -2.12. The molecule has 0 saturated heterocycles. The second kappa shape index (κ2) is 5.69. The highest BCUT2D eigenvalue weighted by Crippen LogP contribution is 1.95. The minimum absolute atomic E-state index is 0.0855. The van der Waals surface area contributed by atoms with Crippen molar-refractivity contribution in [2.24, 2.45) is 0 Å². The highest BCUT2D eigenvalue weighted by Gasteiger charge is 2.06. The van der Waals surface area contributed by atoms with E-state index in [1.807, 2.05) is 0 Å². The van der Waals surface area contributed by atoms with Crippen LogP contribution >= 0.6 is 0 Å². The lowest BCUT2D eigenvalue weighted by Crippen LogP contribution is -2.09. The Labute approximate surface area is 90.3 Å². The monoisotopic (exact) mass is 226 g/mol. The van der Waals surface area contributed by atoms with Crippen LogP contribution in [0.4, 0.5) is 0 Å². The Kier molecular flexibility index (Phi) is 4.25. The van der Waals surface area contributed by atoms with E-state index in [2.05, 4.69) is 20.4 Å². The predicted octanol–water partition coefficient (Wildman–Crippen LogP) is -0.699. The van der Waals surface area contributed by atoms with Gasteiger partial charge < -0.3 is 10.2 Å². The van der Waals surface area contributed by atoms with Gasteiger partial charge in [-0.3, -0.25) is 9.59 Å². The van der Waals surface area contributed by atoms with Gasteiger partial charge in [0.05, 0.1) is 12.8 Å². The third-order valence-corrected chi connectivity index (χ3v) is 1.69. The number of rotatable bonds is 6. The molecule has 0 amide bonds. The van der Waals surface area contributed by atoms with Gasteiger partial charge in [0.15, 0.2) is 11.6 Å². The van der Waals surface area contributed by atoms with Gasteiger partial charge in [-0.2, -0.15) is 0 Å². The van der Waals surface area contributed by atoms with Crippen molar-refractivity contribution in [1.82, 2.24) is 20.4 Å². The molecular weight excluding hydrogens is 216 g/mol. The molecular formula is C8H10N4O4. The van der Waals surface area contributed by atoms with Crippen molar-refractivity contribution in [1.29, 1.82) is 0 Å². The van der Waals surface area contributed by atoms with E-state index in [1.54, 1.807) is 0 Å². The largest absolute Gasteiger partial charge is 0.481 e. The fraction of sp³-hybridized carbons (Fsp3) is 0.500. The standard InChI is InChI=1S/C8H10N4O4/c13-7(14)3-1-5-9-11-6(12-10-5)2-4-8(15)16/h1-4H2,(H,13,14)(H,15,16). The van der Waals surface area contributed by atoms with E-state index in [4.69, 9.17) is 10.2 Å². The minimum Gasteiger partial charge on any atom is -0.481 e. The lowest BCUT2D eigenvalue weighted by atomic mass is 10.3. The Bertz CT molecular complexity index is 341. The summed E-state index contributed by atoms with van der Waals surface area (Å²) in [5.74, 6) is -1.42. The van der Waals surface area contributed by atoms with Crippen molar-refractivity contribution in [3.63, 3.8) is 0 Å². The minimum atomic E-state index is -0.946. The third-order valence-electron chi connectivity index (χ3n) is 1.69. The molecule has 0 aromatic carbocycles. The first-order chi connectivity index (χ1) is 7.58. The number of carboxylic acids is 2. The smallest absolute Gasteiger partial charge is 0.303 e. The summed E-state index contributed by atoms with van der Waals surface area (Å²) in [4.78, 5) is 20.5. The Morgan fingerprint density at radius 3 is 1.38 bits per heavy atom. The summed E-state index contributed by atoms with van der Waals surface area (Å²) in [5, 5.41) is 31.4. The Balaban J connectivity index is 2.47. The van der Waals surface area contributed by atoms with Crippen molar-refractivity contribution >= 4 is 11.9 Å². The van der Waals surface area contributed by atoms with Gasteiger partial charge >= 0.3 is 11.9 Å². The summed E-state index contributed by atoms with van der Waals surface area (Å²) in [6, 6.07) is 0. The lowest BCUT2D eigenvalue weighted by molar-refractivity contribution is -0.138. The zero-order chi connectivity index (χ0) is 12.0. The zero-order valence-corrected chi connectivity index (χ0v) is 8.33. The molecule has 2 N–H and O–H groups in total. The van der Waals surface area contributed by atoms with Crippen LogP contribution in [0.25, 0.3) is 0 Å². The lowest BCUT2D eigenvalue weighted by Gasteiger charge is -1.97. The second-order valence-electron chi connectivity index (χ2n) is 3.02. The van der Waals surface area contributed by atoms with E-state index in [-0.39, 0.29) is 37.3 Å². The van der Waals surface area contributed by atoms with Crippen LogP contribution in [0.3, 0.4) is 0 Å². The van der Waals surface area contributed by atoms with Crippen LogP contribution < -0.4 is 0 Å². The molecule has 0 aliphatic rings. The fourth-order valence-electron chi connectivity index (χ4n) is 0.908. The van der Waals surface area contributed by atoms with Crippen LogP contribution in [0, 0.1) is 0 Å². The summed E-state index contributed by atoms with van der Waals surface area (Å²) in [6.07, 6.45) is 0.152. The second-order valence-corrected chi connectivity index (χ2v) is 3.02. The molecule has 0 saturated carbocycles.